The van der Waals surface area contributed by atoms with E-state index in [1.165, 1.54) is 24.7 Å². The zero-order valence-electron chi connectivity index (χ0n) is 9.90. The number of nitrogens with zero attached hydrogens (tertiary/aromatic N) is 1. The van der Waals surface area contributed by atoms with Crippen LogP contribution in [0.2, 0.25) is 0 Å². The molecule has 0 aromatic carbocycles. The molecule has 1 aliphatic heterocycles. The van der Waals surface area contributed by atoms with Gasteiger partial charge in [0.15, 0.2) is 0 Å². The highest BCUT2D eigenvalue weighted by Gasteiger charge is 2.36. The van der Waals surface area contributed by atoms with Gasteiger partial charge in [-0.15, -0.1) is 0 Å². The summed E-state index contributed by atoms with van der Waals surface area (Å²) < 4.78 is 0. The SMILES string of the molecule is CC(C)(C)[P@]1CCC[C@@H]1c1ccccn1. The molecule has 0 saturated carbocycles. The molecule has 82 valence electrons. The lowest BCUT2D eigenvalue weighted by Crippen LogP contribution is -2.14. The fourth-order valence-electron chi connectivity index (χ4n) is 2.45. The maximum Gasteiger partial charge on any atom is 0.0477 e. The molecule has 1 aromatic rings. The first-order chi connectivity index (χ1) is 7.09. The highest BCUT2D eigenvalue weighted by atomic mass is 31.1. The van der Waals surface area contributed by atoms with Crippen LogP contribution >= 0.6 is 7.92 Å². The molecule has 1 saturated heterocycles. The second kappa shape index (κ2) is 4.22. The molecule has 2 heteroatoms. The Balaban J connectivity index is 2.23. The van der Waals surface area contributed by atoms with Crippen molar-refractivity contribution < 1.29 is 0 Å². The molecule has 1 fully saturated rings. The maximum atomic E-state index is 4.54. The van der Waals surface area contributed by atoms with Gasteiger partial charge in [0.05, 0.1) is 0 Å². The fraction of sp³-hybridized carbons (Fsp3) is 0.615. The molecule has 2 heterocycles. The second-order valence-electron chi connectivity index (χ2n) is 5.28. The third kappa shape index (κ3) is 2.39. The van der Waals surface area contributed by atoms with Crippen molar-refractivity contribution >= 4 is 7.92 Å². The Labute approximate surface area is 94.1 Å². The first-order valence-corrected chi connectivity index (χ1v) is 7.36. The number of rotatable bonds is 1. The number of hydrogen-bond donors (Lipinski definition) is 0. The zero-order valence-corrected chi connectivity index (χ0v) is 10.8. The van der Waals surface area contributed by atoms with Crippen molar-refractivity contribution in [1.29, 1.82) is 0 Å². The minimum atomic E-state index is 0.112. The molecular formula is C13H20NP. The van der Waals surface area contributed by atoms with E-state index < -0.39 is 0 Å². The standard InChI is InChI=1S/C13H20NP/c1-13(2,3)15-10-6-8-12(15)11-7-4-5-9-14-11/h4-5,7,9,12H,6,8,10H2,1-3H3/t12-,15-/m1/s1. The number of aromatic nitrogens is 1. The first-order valence-electron chi connectivity index (χ1n) is 5.77. The summed E-state index contributed by atoms with van der Waals surface area (Å²) in [5, 5.41) is 0.480. The average molecular weight is 221 g/mol. The van der Waals surface area contributed by atoms with Crippen LogP contribution in [-0.4, -0.2) is 16.3 Å². The maximum absolute atomic E-state index is 4.54. The number of hydrogen-bond acceptors (Lipinski definition) is 1. The zero-order chi connectivity index (χ0) is 10.9. The number of pyridine rings is 1. The van der Waals surface area contributed by atoms with Crippen molar-refractivity contribution in [3.63, 3.8) is 0 Å². The van der Waals surface area contributed by atoms with E-state index >= 15 is 0 Å². The van der Waals surface area contributed by atoms with Gasteiger partial charge in [-0.2, -0.15) is 0 Å². The lowest BCUT2D eigenvalue weighted by molar-refractivity contribution is 0.757. The minimum Gasteiger partial charge on any atom is -0.261 e. The van der Waals surface area contributed by atoms with Crippen molar-refractivity contribution in [2.75, 3.05) is 6.16 Å². The van der Waals surface area contributed by atoms with E-state index in [4.69, 9.17) is 0 Å². The Kier molecular flexibility index (Phi) is 3.11. The summed E-state index contributed by atoms with van der Waals surface area (Å²) in [7, 11) is 0.112. The molecule has 1 aliphatic rings. The van der Waals surface area contributed by atoms with Crippen LogP contribution in [0.1, 0.15) is 45.0 Å². The summed E-state index contributed by atoms with van der Waals surface area (Å²) in [6, 6.07) is 6.34. The van der Waals surface area contributed by atoms with E-state index in [2.05, 4.69) is 37.9 Å². The van der Waals surface area contributed by atoms with Crippen LogP contribution in [0, 0.1) is 0 Å². The third-order valence-corrected chi connectivity index (χ3v) is 6.94. The summed E-state index contributed by atoms with van der Waals surface area (Å²) in [6.07, 6.45) is 6.11. The van der Waals surface area contributed by atoms with Crippen molar-refractivity contribution in [2.45, 2.75) is 44.4 Å². The van der Waals surface area contributed by atoms with Gasteiger partial charge in [0.1, 0.15) is 0 Å². The van der Waals surface area contributed by atoms with Crippen LogP contribution in [-0.2, 0) is 0 Å². The predicted molar refractivity (Wildman–Crippen MR) is 67.8 cm³/mol. The Morgan fingerprint density at radius 3 is 2.73 bits per heavy atom. The lowest BCUT2D eigenvalue weighted by Gasteiger charge is -2.32. The molecule has 2 atom stereocenters. The molecule has 15 heavy (non-hydrogen) atoms. The molecule has 0 radical (unpaired) electrons. The molecule has 0 unspecified atom stereocenters. The van der Waals surface area contributed by atoms with E-state index in [0.29, 0.717) is 5.16 Å². The van der Waals surface area contributed by atoms with Crippen molar-refractivity contribution in [3.8, 4) is 0 Å². The molecule has 0 amide bonds. The molecule has 2 rings (SSSR count). The smallest absolute Gasteiger partial charge is 0.0477 e. The highest BCUT2D eigenvalue weighted by Crippen LogP contribution is 2.66. The van der Waals surface area contributed by atoms with Gasteiger partial charge in [-0.25, -0.2) is 0 Å². The van der Waals surface area contributed by atoms with Crippen LogP contribution < -0.4 is 0 Å². The first kappa shape index (κ1) is 11.1. The summed E-state index contributed by atoms with van der Waals surface area (Å²) >= 11 is 0. The molecule has 0 N–H and O–H groups in total. The summed E-state index contributed by atoms with van der Waals surface area (Å²) in [4.78, 5) is 4.54. The van der Waals surface area contributed by atoms with Crippen LogP contribution in [0.3, 0.4) is 0 Å². The van der Waals surface area contributed by atoms with Gasteiger partial charge in [-0.3, -0.25) is 4.98 Å². The molecule has 1 aromatic heterocycles. The van der Waals surface area contributed by atoms with Gasteiger partial charge in [0, 0.05) is 17.5 Å². The molecule has 0 aliphatic carbocycles. The van der Waals surface area contributed by atoms with Crippen molar-refractivity contribution in [2.24, 2.45) is 0 Å². The average Bonchev–Trinajstić information content (AvgIpc) is 2.67. The van der Waals surface area contributed by atoms with Crippen LogP contribution in [0.5, 0.6) is 0 Å². The van der Waals surface area contributed by atoms with Crippen molar-refractivity contribution in [1.82, 2.24) is 4.98 Å². The summed E-state index contributed by atoms with van der Waals surface area (Å²) in [5.74, 6) is 0. The van der Waals surface area contributed by atoms with Gasteiger partial charge >= 0.3 is 0 Å². The molecular weight excluding hydrogens is 201 g/mol. The van der Waals surface area contributed by atoms with E-state index in [0.717, 1.165) is 5.66 Å². The summed E-state index contributed by atoms with van der Waals surface area (Å²) in [5.41, 5.74) is 2.08. The van der Waals surface area contributed by atoms with E-state index in [1.807, 2.05) is 12.3 Å². The monoisotopic (exact) mass is 221 g/mol. The summed E-state index contributed by atoms with van der Waals surface area (Å²) in [6.45, 7) is 7.17. The Morgan fingerprint density at radius 1 is 1.33 bits per heavy atom. The van der Waals surface area contributed by atoms with E-state index in [1.54, 1.807) is 0 Å². The predicted octanol–water partition coefficient (Wildman–Crippen LogP) is 4.20. The largest absolute Gasteiger partial charge is 0.261 e. The third-order valence-electron chi connectivity index (χ3n) is 3.14. The quantitative estimate of drug-likeness (QED) is 0.648. The van der Waals surface area contributed by atoms with Gasteiger partial charge in [0.2, 0.25) is 0 Å². The van der Waals surface area contributed by atoms with Crippen molar-refractivity contribution in [3.05, 3.63) is 30.1 Å². The van der Waals surface area contributed by atoms with Crippen LogP contribution in [0.25, 0.3) is 0 Å². The van der Waals surface area contributed by atoms with Gasteiger partial charge in [0.25, 0.3) is 0 Å². The van der Waals surface area contributed by atoms with Gasteiger partial charge < -0.3 is 0 Å². The van der Waals surface area contributed by atoms with Crippen LogP contribution in [0.15, 0.2) is 24.4 Å². The Bertz CT molecular complexity index is 315. The van der Waals surface area contributed by atoms with E-state index in [-0.39, 0.29) is 7.92 Å². The molecule has 0 bridgehead atoms. The van der Waals surface area contributed by atoms with Crippen LogP contribution in [0.4, 0.5) is 0 Å². The second-order valence-corrected chi connectivity index (χ2v) is 8.63. The topological polar surface area (TPSA) is 12.9 Å². The molecule has 1 nitrogen and oxygen atoms in total. The normalized spacial score (nSPS) is 26.9. The lowest BCUT2D eigenvalue weighted by atomic mass is 10.2. The van der Waals surface area contributed by atoms with E-state index in [9.17, 15) is 0 Å². The highest BCUT2D eigenvalue weighted by molar-refractivity contribution is 7.59. The minimum absolute atomic E-state index is 0.112. The Morgan fingerprint density at radius 2 is 2.13 bits per heavy atom. The Hall–Kier alpha value is -0.420. The van der Waals surface area contributed by atoms with Gasteiger partial charge in [-0.1, -0.05) is 34.8 Å². The van der Waals surface area contributed by atoms with Gasteiger partial charge in [-0.05, 0) is 36.3 Å². The molecule has 0 spiro atoms. The fourth-order valence-corrected chi connectivity index (χ4v) is 5.86.